The lowest BCUT2D eigenvalue weighted by Crippen LogP contribution is -2.34. The van der Waals surface area contributed by atoms with Crippen molar-refractivity contribution in [1.82, 2.24) is 0 Å². The van der Waals surface area contributed by atoms with Gasteiger partial charge in [0.15, 0.2) is 0 Å². The van der Waals surface area contributed by atoms with E-state index >= 15 is 0 Å². The quantitative estimate of drug-likeness (QED) is 0.375. The van der Waals surface area contributed by atoms with Crippen LogP contribution in [0.4, 0.5) is 0 Å². The predicted octanol–water partition coefficient (Wildman–Crippen LogP) is 1.92. The van der Waals surface area contributed by atoms with Crippen molar-refractivity contribution in [3.63, 3.8) is 0 Å². The fraction of sp³-hybridized carbons (Fsp3) is 0.417. The standard InChI is InChI=1S/C12H16INO2/c13-7-4-8-16-12(15)11(14)9-10-5-2-1-3-6-10/h1-3,5-6,11H,4,7-9,14H2. The fourth-order valence-electron chi connectivity index (χ4n) is 1.29. The van der Waals surface area contributed by atoms with Gasteiger partial charge in [-0.3, -0.25) is 4.79 Å². The molecule has 1 unspecified atom stereocenters. The van der Waals surface area contributed by atoms with E-state index in [-0.39, 0.29) is 5.97 Å². The maximum Gasteiger partial charge on any atom is 0.323 e. The normalized spacial score (nSPS) is 12.1. The third-order valence-corrected chi connectivity index (χ3v) is 2.89. The number of ether oxygens (including phenoxy) is 1. The molecule has 1 rings (SSSR count). The van der Waals surface area contributed by atoms with E-state index in [9.17, 15) is 4.79 Å². The van der Waals surface area contributed by atoms with Crippen molar-refractivity contribution in [3.05, 3.63) is 35.9 Å². The van der Waals surface area contributed by atoms with Crippen LogP contribution in [0.15, 0.2) is 30.3 Å². The van der Waals surface area contributed by atoms with E-state index < -0.39 is 6.04 Å². The van der Waals surface area contributed by atoms with E-state index in [1.165, 1.54) is 0 Å². The number of benzene rings is 1. The molecule has 3 nitrogen and oxygen atoms in total. The molecule has 0 amide bonds. The Morgan fingerprint density at radius 3 is 2.69 bits per heavy atom. The molecule has 0 fully saturated rings. The zero-order valence-corrected chi connectivity index (χ0v) is 11.2. The van der Waals surface area contributed by atoms with Crippen molar-refractivity contribution < 1.29 is 9.53 Å². The molecule has 0 aromatic heterocycles. The third-order valence-electron chi connectivity index (χ3n) is 2.12. The first kappa shape index (κ1) is 13.4. The van der Waals surface area contributed by atoms with Gasteiger partial charge in [-0.1, -0.05) is 52.9 Å². The summed E-state index contributed by atoms with van der Waals surface area (Å²) in [6, 6.07) is 9.16. The number of nitrogens with two attached hydrogens (primary N) is 1. The highest BCUT2D eigenvalue weighted by molar-refractivity contribution is 14.1. The molecule has 4 heteroatoms. The molecule has 0 saturated heterocycles. The highest BCUT2D eigenvalue weighted by atomic mass is 127. The van der Waals surface area contributed by atoms with Crippen LogP contribution in [0, 0.1) is 0 Å². The number of carbonyl (C=O) groups is 1. The summed E-state index contributed by atoms with van der Waals surface area (Å²) in [7, 11) is 0. The Kier molecular flexibility index (Phi) is 6.40. The lowest BCUT2D eigenvalue weighted by molar-refractivity contribution is -0.145. The lowest BCUT2D eigenvalue weighted by Gasteiger charge is -2.11. The predicted molar refractivity (Wildman–Crippen MR) is 72.6 cm³/mol. The number of esters is 1. The van der Waals surface area contributed by atoms with Crippen LogP contribution in [0.5, 0.6) is 0 Å². The first-order valence-corrected chi connectivity index (χ1v) is 6.78. The Hall–Kier alpha value is -0.620. The molecule has 0 heterocycles. The smallest absolute Gasteiger partial charge is 0.323 e. The molecule has 0 aliphatic carbocycles. The monoisotopic (exact) mass is 333 g/mol. The lowest BCUT2D eigenvalue weighted by atomic mass is 10.1. The van der Waals surface area contributed by atoms with Crippen molar-refractivity contribution in [2.75, 3.05) is 11.0 Å². The average molecular weight is 333 g/mol. The summed E-state index contributed by atoms with van der Waals surface area (Å²) in [5.41, 5.74) is 6.81. The summed E-state index contributed by atoms with van der Waals surface area (Å²) in [6.45, 7) is 0.463. The molecule has 0 aliphatic heterocycles. The van der Waals surface area contributed by atoms with Crippen molar-refractivity contribution >= 4 is 28.6 Å². The number of hydrogen-bond donors (Lipinski definition) is 1. The molecule has 2 N–H and O–H groups in total. The van der Waals surface area contributed by atoms with Gasteiger partial charge in [0, 0.05) is 4.43 Å². The van der Waals surface area contributed by atoms with Gasteiger partial charge in [0.2, 0.25) is 0 Å². The van der Waals surface area contributed by atoms with Gasteiger partial charge in [0.05, 0.1) is 6.61 Å². The van der Waals surface area contributed by atoms with Crippen LogP contribution < -0.4 is 5.73 Å². The number of rotatable bonds is 6. The van der Waals surface area contributed by atoms with E-state index in [0.29, 0.717) is 13.0 Å². The molecule has 0 aliphatic rings. The molecule has 88 valence electrons. The minimum atomic E-state index is -0.559. The van der Waals surface area contributed by atoms with Crippen LogP contribution in [0.3, 0.4) is 0 Å². The summed E-state index contributed by atoms with van der Waals surface area (Å²) in [5.74, 6) is -0.311. The van der Waals surface area contributed by atoms with Crippen LogP contribution in [0.2, 0.25) is 0 Å². The Bertz CT molecular complexity index is 316. The van der Waals surface area contributed by atoms with Gasteiger partial charge in [-0.15, -0.1) is 0 Å². The number of alkyl halides is 1. The molecule has 0 saturated carbocycles. The summed E-state index contributed by atoms with van der Waals surface area (Å²) >= 11 is 2.25. The van der Waals surface area contributed by atoms with E-state index in [1.54, 1.807) is 0 Å². The molecular weight excluding hydrogens is 317 g/mol. The molecule has 1 atom stereocenters. The van der Waals surface area contributed by atoms with Crippen LogP contribution >= 0.6 is 22.6 Å². The summed E-state index contributed by atoms with van der Waals surface area (Å²) < 4.78 is 6.03. The largest absolute Gasteiger partial charge is 0.464 e. The van der Waals surface area contributed by atoms with Gasteiger partial charge >= 0.3 is 5.97 Å². The molecular formula is C12H16INO2. The minimum absolute atomic E-state index is 0.311. The molecule has 1 aromatic carbocycles. The molecule has 0 radical (unpaired) electrons. The Morgan fingerprint density at radius 2 is 2.06 bits per heavy atom. The van der Waals surface area contributed by atoms with E-state index in [0.717, 1.165) is 16.4 Å². The van der Waals surface area contributed by atoms with Crippen molar-refractivity contribution in [2.24, 2.45) is 5.73 Å². The average Bonchev–Trinajstić information content (AvgIpc) is 2.30. The van der Waals surface area contributed by atoms with Gasteiger partial charge in [-0.25, -0.2) is 0 Å². The highest BCUT2D eigenvalue weighted by Crippen LogP contribution is 2.03. The van der Waals surface area contributed by atoms with Gasteiger partial charge < -0.3 is 10.5 Å². The number of halogens is 1. The van der Waals surface area contributed by atoms with Crippen molar-refractivity contribution in [1.29, 1.82) is 0 Å². The second kappa shape index (κ2) is 7.62. The summed E-state index contributed by atoms with van der Waals surface area (Å²) in [4.78, 5) is 11.5. The first-order chi connectivity index (χ1) is 7.74. The van der Waals surface area contributed by atoms with E-state index in [1.807, 2.05) is 30.3 Å². The van der Waals surface area contributed by atoms with Crippen molar-refractivity contribution in [3.8, 4) is 0 Å². The van der Waals surface area contributed by atoms with Crippen LogP contribution in [0.25, 0.3) is 0 Å². The van der Waals surface area contributed by atoms with Gasteiger partial charge in [0.1, 0.15) is 6.04 Å². The zero-order chi connectivity index (χ0) is 11.8. The minimum Gasteiger partial charge on any atom is -0.464 e. The third kappa shape index (κ3) is 4.94. The maximum absolute atomic E-state index is 11.5. The summed E-state index contributed by atoms with van der Waals surface area (Å²) in [6.07, 6.45) is 1.41. The molecule has 1 aromatic rings. The summed E-state index contributed by atoms with van der Waals surface area (Å²) in [5, 5.41) is 0. The number of carbonyl (C=O) groups excluding carboxylic acids is 1. The van der Waals surface area contributed by atoms with Crippen LogP contribution in [0.1, 0.15) is 12.0 Å². The SMILES string of the molecule is NC(Cc1ccccc1)C(=O)OCCCI. The molecule has 0 bridgehead atoms. The highest BCUT2D eigenvalue weighted by Gasteiger charge is 2.14. The van der Waals surface area contributed by atoms with Crippen LogP contribution in [-0.2, 0) is 16.0 Å². The second-order valence-corrected chi connectivity index (χ2v) is 4.58. The number of hydrogen-bond acceptors (Lipinski definition) is 3. The van der Waals surface area contributed by atoms with Crippen molar-refractivity contribution in [2.45, 2.75) is 18.9 Å². The van der Waals surface area contributed by atoms with Gasteiger partial charge in [0.25, 0.3) is 0 Å². The molecule has 16 heavy (non-hydrogen) atoms. The van der Waals surface area contributed by atoms with Gasteiger partial charge in [-0.2, -0.15) is 0 Å². The maximum atomic E-state index is 11.5. The second-order valence-electron chi connectivity index (χ2n) is 3.51. The van der Waals surface area contributed by atoms with Gasteiger partial charge in [-0.05, 0) is 18.4 Å². The zero-order valence-electron chi connectivity index (χ0n) is 9.06. The Balaban J connectivity index is 2.34. The Morgan fingerprint density at radius 1 is 1.38 bits per heavy atom. The van der Waals surface area contributed by atoms with E-state index in [4.69, 9.17) is 10.5 Å². The molecule has 0 spiro atoms. The topological polar surface area (TPSA) is 52.3 Å². The first-order valence-electron chi connectivity index (χ1n) is 5.26. The van der Waals surface area contributed by atoms with E-state index in [2.05, 4.69) is 22.6 Å². The van der Waals surface area contributed by atoms with Crippen LogP contribution in [-0.4, -0.2) is 23.0 Å². The Labute approximate surface area is 109 Å². The fourth-order valence-corrected chi connectivity index (χ4v) is 1.60.